The lowest BCUT2D eigenvalue weighted by molar-refractivity contribution is -0.0731. The molecule has 0 amide bonds. The second kappa shape index (κ2) is 8.22. The van der Waals surface area contributed by atoms with Crippen molar-refractivity contribution in [1.29, 1.82) is 0 Å². The number of aromatic nitrogens is 1. The summed E-state index contributed by atoms with van der Waals surface area (Å²) in [6.45, 7) is 10.1. The lowest BCUT2D eigenvalue weighted by atomic mass is 9.84. The van der Waals surface area contributed by atoms with Crippen LogP contribution >= 0.6 is 0 Å². The number of ether oxygens (including phenoxy) is 2. The van der Waals surface area contributed by atoms with Gasteiger partial charge in [-0.1, -0.05) is 20.8 Å². The zero-order valence-corrected chi connectivity index (χ0v) is 13.4. The van der Waals surface area contributed by atoms with Crippen molar-refractivity contribution in [3.05, 3.63) is 24.0 Å². The molecule has 114 valence electrons. The SMILES string of the molecule is CCNC(c1cncc(OC)c1)C(CC)(CC)OCC. The van der Waals surface area contributed by atoms with Crippen molar-refractivity contribution in [2.24, 2.45) is 0 Å². The number of nitrogens with zero attached hydrogens (tertiary/aromatic N) is 1. The van der Waals surface area contributed by atoms with Crippen LogP contribution in [0.15, 0.2) is 18.5 Å². The highest BCUT2D eigenvalue weighted by atomic mass is 16.5. The van der Waals surface area contributed by atoms with E-state index in [2.05, 4.69) is 31.1 Å². The molecule has 0 fully saturated rings. The van der Waals surface area contributed by atoms with Crippen molar-refractivity contribution in [2.75, 3.05) is 20.3 Å². The first-order chi connectivity index (χ1) is 9.67. The van der Waals surface area contributed by atoms with Gasteiger partial charge in [0.15, 0.2) is 0 Å². The molecule has 1 aromatic heterocycles. The van der Waals surface area contributed by atoms with E-state index in [9.17, 15) is 0 Å². The Morgan fingerprint density at radius 3 is 2.40 bits per heavy atom. The number of methoxy groups -OCH3 is 1. The second-order valence-corrected chi connectivity index (χ2v) is 4.85. The number of pyridine rings is 1. The molecule has 20 heavy (non-hydrogen) atoms. The maximum atomic E-state index is 6.14. The van der Waals surface area contributed by atoms with Gasteiger partial charge in [-0.2, -0.15) is 0 Å². The zero-order valence-electron chi connectivity index (χ0n) is 13.4. The summed E-state index contributed by atoms with van der Waals surface area (Å²) in [6.07, 6.45) is 5.53. The van der Waals surface area contributed by atoms with E-state index < -0.39 is 0 Å². The van der Waals surface area contributed by atoms with Crippen LogP contribution < -0.4 is 10.1 Å². The molecule has 0 spiro atoms. The highest BCUT2D eigenvalue weighted by Crippen LogP contribution is 2.36. The molecule has 0 aliphatic heterocycles. The molecule has 4 heteroatoms. The normalized spacial score (nSPS) is 13.2. The van der Waals surface area contributed by atoms with Gasteiger partial charge >= 0.3 is 0 Å². The summed E-state index contributed by atoms with van der Waals surface area (Å²) >= 11 is 0. The monoisotopic (exact) mass is 280 g/mol. The fourth-order valence-electron chi connectivity index (χ4n) is 2.75. The molecule has 0 radical (unpaired) electrons. The van der Waals surface area contributed by atoms with E-state index in [1.165, 1.54) is 0 Å². The molecule has 0 saturated carbocycles. The first kappa shape index (κ1) is 16.9. The van der Waals surface area contributed by atoms with Crippen LogP contribution in [-0.2, 0) is 4.74 Å². The summed E-state index contributed by atoms with van der Waals surface area (Å²) in [5.74, 6) is 0.781. The van der Waals surface area contributed by atoms with Crippen LogP contribution in [0.5, 0.6) is 5.75 Å². The third-order valence-electron chi connectivity index (χ3n) is 3.87. The summed E-state index contributed by atoms with van der Waals surface area (Å²) in [6, 6.07) is 2.16. The van der Waals surface area contributed by atoms with Gasteiger partial charge in [0.2, 0.25) is 0 Å². The molecule has 0 aliphatic rings. The Morgan fingerprint density at radius 1 is 1.20 bits per heavy atom. The van der Waals surface area contributed by atoms with E-state index in [0.717, 1.165) is 30.7 Å². The Balaban J connectivity index is 3.18. The third kappa shape index (κ3) is 3.70. The topological polar surface area (TPSA) is 43.4 Å². The summed E-state index contributed by atoms with van der Waals surface area (Å²) in [4.78, 5) is 4.28. The van der Waals surface area contributed by atoms with Crippen LogP contribution in [0, 0.1) is 0 Å². The number of hydrogen-bond donors (Lipinski definition) is 1. The summed E-state index contributed by atoms with van der Waals surface area (Å²) in [7, 11) is 1.67. The molecule has 1 atom stereocenters. The second-order valence-electron chi connectivity index (χ2n) is 4.85. The van der Waals surface area contributed by atoms with Crippen LogP contribution in [0.3, 0.4) is 0 Å². The van der Waals surface area contributed by atoms with E-state index in [-0.39, 0.29) is 11.6 Å². The summed E-state index contributed by atoms with van der Waals surface area (Å²) in [5.41, 5.74) is 0.905. The molecule has 1 aromatic rings. The maximum absolute atomic E-state index is 6.14. The predicted octanol–water partition coefficient (Wildman–Crippen LogP) is 3.34. The van der Waals surface area contributed by atoms with Crippen molar-refractivity contribution < 1.29 is 9.47 Å². The largest absolute Gasteiger partial charge is 0.495 e. The molecule has 0 bridgehead atoms. The molecule has 1 N–H and O–H groups in total. The highest BCUT2D eigenvalue weighted by molar-refractivity contribution is 5.28. The number of hydrogen-bond acceptors (Lipinski definition) is 4. The van der Waals surface area contributed by atoms with Gasteiger partial charge in [-0.05, 0) is 37.9 Å². The van der Waals surface area contributed by atoms with Gasteiger partial charge in [0.25, 0.3) is 0 Å². The fraction of sp³-hybridized carbons (Fsp3) is 0.688. The molecule has 4 nitrogen and oxygen atoms in total. The maximum Gasteiger partial charge on any atom is 0.137 e. The minimum Gasteiger partial charge on any atom is -0.495 e. The summed E-state index contributed by atoms with van der Waals surface area (Å²) in [5, 5.41) is 3.56. The van der Waals surface area contributed by atoms with Crippen LogP contribution in [0.25, 0.3) is 0 Å². The number of nitrogens with one attached hydrogen (secondary N) is 1. The Labute approximate surface area is 122 Å². The molecule has 0 aliphatic carbocycles. The minimum atomic E-state index is -0.210. The first-order valence-corrected chi connectivity index (χ1v) is 7.53. The summed E-state index contributed by atoms with van der Waals surface area (Å²) < 4.78 is 11.4. The van der Waals surface area contributed by atoms with E-state index in [1.807, 2.05) is 19.2 Å². The van der Waals surface area contributed by atoms with Crippen molar-refractivity contribution in [3.63, 3.8) is 0 Å². The first-order valence-electron chi connectivity index (χ1n) is 7.53. The Bertz CT molecular complexity index is 392. The average molecular weight is 280 g/mol. The van der Waals surface area contributed by atoms with E-state index in [0.29, 0.717) is 6.61 Å². The molecular formula is C16H28N2O2. The van der Waals surface area contributed by atoms with Gasteiger partial charge in [-0.3, -0.25) is 4.98 Å². The molecule has 1 unspecified atom stereocenters. The van der Waals surface area contributed by atoms with Gasteiger partial charge in [0.1, 0.15) is 5.75 Å². The van der Waals surface area contributed by atoms with E-state index in [1.54, 1.807) is 13.3 Å². The zero-order chi connectivity index (χ0) is 15.0. The van der Waals surface area contributed by atoms with Crippen LogP contribution in [-0.4, -0.2) is 30.8 Å². The van der Waals surface area contributed by atoms with Gasteiger partial charge in [-0.15, -0.1) is 0 Å². The van der Waals surface area contributed by atoms with Crippen LogP contribution in [0.2, 0.25) is 0 Å². The molecule has 1 rings (SSSR count). The highest BCUT2D eigenvalue weighted by Gasteiger charge is 2.37. The van der Waals surface area contributed by atoms with E-state index in [4.69, 9.17) is 9.47 Å². The quantitative estimate of drug-likeness (QED) is 0.753. The van der Waals surface area contributed by atoms with Crippen molar-refractivity contribution in [1.82, 2.24) is 10.3 Å². The van der Waals surface area contributed by atoms with Crippen molar-refractivity contribution in [3.8, 4) is 5.75 Å². The number of rotatable bonds is 9. The fourth-order valence-corrected chi connectivity index (χ4v) is 2.75. The minimum absolute atomic E-state index is 0.116. The van der Waals surface area contributed by atoms with E-state index >= 15 is 0 Å². The molecular weight excluding hydrogens is 252 g/mol. The lowest BCUT2D eigenvalue weighted by Crippen LogP contribution is -2.45. The molecule has 1 heterocycles. The smallest absolute Gasteiger partial charge is 0.137 e. The Hall–Kier alpha value is -1.13. The van der Waals surface area contributed by atoms with Crippen LogP contribution in [0.4, 0.5) is 0 Å². The average Bonchev–Trinajstić information content (AvgIpc) is 2.51. The van der Waals surface area contributed by atoms with Crippen molar-refractivity contribution >= 4 is 0 Å². The third-order valence-corrected chi connectivity index (χ3v) is 3.87. The molecule has 0 aromatic carbocycles. The lowest BCUT2D eigenvalue weighted by Gasteiger charge is -2.40. The Kier molecular flexibility index (Phi) is 6.96. The van der Waals surface area contributed by atoms with Gasteiger partial charge in [-0.25, -0.2) is 0 Å². The number of likely N-dealkylation sites (N-methyl/N-ethyl adjacent to an activating group) is 1. The van der Waals surface area contributed by atoms with Gasteiger partial charge in [0.05, 0.1) is 24.9 Å². The molecule has 0 saturated heterocycles. The van der Waals surface area contributed by atoms with Crippen molar-refractivity contribution in [2.45, 2.75) is 52.2 Å². The van der Waals surface area contributed by atoms with Gasteiger partial charge < -0.3 is 14.8 Å². The van der Waals surface area contributed by atoms with Gasteiger partial charge in [0, 0.05) is 12.8 Å². The standard InChI is InChI=1S/C16H28N2O2/c1-6-16(7-2,20-9-4)15(18-8-3)13-10-14(19-5)12-17-11-13/h10-12,15,18H,6-9H2,1-5H3. The predicted molar refractivity (Wildman–Crippen MR) is 82.1 cm³/mol. The Morgan fingerprint density at radius 2 is 1.90 bits per heavy atom. The van der Waals surface area contributed by atoms with Crippen LogP contribution in [0.1, 0.15) is 52.1 Å².